The maximum atomic E-state index is 12.5. The molecule has 2 saturated heterocycles. The molecule has 1 N–H and O–H groups in total. The number of aliphatic carboxylic acids is 1. The van der Waals surface area contributed by atoms with Crippen LogP contribution in [0.4, 0.5) is 4.79 Å². The number of piperidine rings is 1. The minimum atomic E-state index is -0.798. The van der Waals surface area contributed by atoms with Crippen molar-refractivity contribution in [1.82, 2.24) is 9.80 Å². The van der Waals surface area contributed by atoms with Gasteiger partial charge in [0.25, 0.3) is 0 Å². The first-order valence-corrected chi connectivity index (χ1v) is 7.26. The molecule has 0 aliphatic carbocycles. The first-order valence-electron chi connectivity index (χ1n) is 7.26. The highest BCUT2D eigenvalue weighted by Gasteiger charge is 2.35. The van der Waals surface area contributed by atoms with Gasteiger partial charge in [0, 0.05) is 39.2 Å². The van der Waals surface area contributed by atoms with Crippen molar-refractivity contribution in [1.29, 1.82) is 0 Å². The number of ether oxygens (including phenoxy) is 1. The van der Waals surface area contributed by atoms with E-state index in [1.54, 1.807) is 12.0 Å². The third-order valence-corrected chi connectivity index (χ3v) is 4.24. The average Bonchev–Trinajstić information content (AvgIpc) is 2.86. The van der Waals surface area contributed by atoms with Gasteiger partial charge in [-0.05, 0) is 18.8 Å². The molecular weight excluding hydrogens is 260 g/mol. The van der Waals surface area contributed by atoms with Crippen LogP contribution >= 0.6 is 0 Å². The van der Waals surface area contributed by atoms with Crippen LogP contribution in [0.25, 0.3) is 0 Å². The van der Waals surface area contributed by atoms with Gasteiger partial charge in [-0.25, -0.2) is 4.79 Å². The minimum absolute atomic E-state index is 0.0126. The lowest BCUT2D eigenvalue weighted by Crippen LogP contribution is -2.50. The van der Waals surface area contributed by atoms with E-state index in [4.69, 9.17) is 9.84 Å². The van der Waals surface area contributed by atoms with E-state index in [1.807, 2.05) is 11.8 Å². The Morgan fingerprint density at radius 3 is 2.65 bits per heavy atom. The Kier molecular flexibility index (Phi) is 4.86. The number of methoxy groups -OCH3 is 1. The van der Waals surface area contributed by atoms with Crippen molar-refractivity contribution >= 4 is 12.0 Å². The molecule has 0 radical (unpaired) electrons. The Labute approximate surface area is 119 Å². The SMILES string of the molecule is COCC1CCN(C(=O)N2CC(C)CC(C(=O)O)C2)C1. The predicted molar refractivity (Wildman–Crippen MR) is 73.4 cm³/mol. The molecule has 2 heterocycles. The summed E-state index contributed by atoms with van der Waals surface area (Å²) in [5.41, 5.74) is 0. The van der Waals surface area contributed by atoms with Crippen LogP contribution in [-0.4, -0.2) is 66.8 Å². The third-order valence-electron chi connectivity index (χ3n) is 4.24. The Morgan fingerprint density at radius 2 is 2.00 bits per heavy atom. The fourth-order valence-corrected chi connectivity index (χ4v) is 3.26. The van der Waals surface area contributed by atoms with Gasteiger partial charge in [-0.2, -0.15) is 0 Å². The van der Waals surface area contributed by atoms with Gasteiger partial charge in [-0.1, -0.05) is 6.92 Å². The Morgan fingerprint density at radius 1 is 1.25 bits per heavy atom. The van der Waals surface area contributed by atoms with Crippen LogP contribution in [0.1, 0.15) is 19.8 Å². The van der Waals surface area contributed by atoms with Gasteiger partial charge in [-0.3, -0.25) is 4.79 Å². The molecule has 2 rings (SSSR count). The molecule has 0 aromatic rings. The quantitative estimate of drug-likeness (QED) is 0.843. The van der Waals surface area contributed by atoms with Crippen LogP contribution < -0.4 is 0 Å². The van der Waals surface area contributed by atoms with Gasteiger partial charge >= 0.3 is 12.0 Å². The smallest absolute Gasteiger partial charge is 0.320 e. The molecule has 0 aromatic heterocycles. The normalized spacial score (nSPS) is 30.6. The molecule has 0 saturated carbocycles. The van der Waals surface area contributed by atoms with Crippen LogP contribution in [0.15, 0.2) is 0 Å². The van der Waals surface area contributed by atoms with Crippen molar-refractivity contribution < 1.29 is 19.4 Å². The zero-order chi connectivity index (χ0) is 14.7. The van der Waals surface area contributed by atoms with Crippen molar-refractivity contribution in [2.45, 2.75) is 19.8 Å². The number of amides is 2. The molecule has 2 fully saturated rings. The maximum absolute atomic E-state index is 12.5. The molecule has 20 heavy (non-hydrogen) atoms. The number of carbonyl (C=O) groups is 2. The summed E-state index contributed by atoms with van der Waals surface area (Å²) < 4.78 is 5.14. The molecule has 0 spiro atoms. The van der Waals surface area contributed by atoms with Crippen molar-refractivity contribution in [2.75, 3.05) is 39.9 Å². The second-order valence-electron chi connectivity index (χ2n) is 6.12. The van der Waals surface area contributed by atoms with Gasteiger partial charge in [-0.15, -0.1) is 0 Å². The predicted octanol–water partition coefficient (Wildman–Crippen LogP) is 1.12. The molecule has 114 valence electrons. The number of carboxylic acids is 1. The molecule has 0 aromatic carbocycles. The summed E-state index contributed by atoms with van der Waals surface area (Å²) in [4.78, 5) is 27.2. The number of hydrogen-bond acceptors (Lipinski definition) is 3. The van der Waals surface area contributed by atoms with Crippen molar-refractivity contribution in [3.63, 3.8) is 0 Å². The van der Waals surface area contributed by atoms with Crippen molar-refractivity contribution in [3.05, 3.63) is 0 Å². The van der Waals surface area contributed by atoms with E-state index in [-0.39, 0.29) is 11.9 Å². The summed E-state index contributed by atoms with van der Waals surface area (Å²) in [6.07, 6.45) is 1.62. The topological polar surface area (TPSA) is 70.1 Å². The Hall–Kier alpha value is -1.30. The van der Waals surface area contributed by atoms with Crippen LogP contribution in [-0.2, 0) is 9.53 Å². The zero-order valence-corrected chi connectivity index (χ0v) is 12.2. The van der Waals surface area contributed by atoms with E-state index in [0.717, 1.165) is 19.5 Å². The minimum Gasteiger partial charge on any atom is -0.481 e. The highest BCUT2D eigenvalue weighted by atomic mass is 16.5. The van der Waals surface area contributed by atoms with E-state index in [9.17, 15) is 9.59 Å². The number of hydrogen-bond donors (Lipinski definition) is 1. The molecule has 3 atom stereocenters. The van der Waals surface area contributed by atoms with Gasteiger partial charge in [0.1, 0.15) is 0 Å². The van der Waals surface area contributed by atoms with Gasteiger partial charge in [0.2, 0.25) is 0 Å². The number of nitrogens with zero attached hydrogens (tertiary/aromatic N) is 2. The first kappa shape index (κ1) is 15.1. The summed E-state index contributed by atoms with van der Waals surface area (Å²) in [5.74, 6) is -0.583. The monoisotopic (exact) mass is 284 g/mol. The molecule has 0 bridgehead atoms. The lowest BCUT2D eigenvalue weighted by molar-refractivity contribution is -0.143. The van der Waals surface area contributed by atoms with Gasteiger partial charge in [0.15, 0.2) is 0 Å². The van der Waals surface area contributed by atoms with Gasteiger partial charge in [0.05, 0.1) is 12.5 Å². The van der Waals surface area contributed by atoms with Crippen LogP contribution in [0.3, 0.4) is 0 Å². The summed E-state index contributed by atoms with van der Waals surface area (Å²) in [6.45, 7) is 5.15. The average molecular weight is 284 g/mol. The molecule has 2 aliphatic rings. The molecule has 2 aliphatic heterocycles. The van der Waals surface area contributed by atoms with E-state index in [2.05, 4.69) is 0 Å². The maximum Gasteiger partial charge on any atom is 0.320 e. The largest absolute Gasteiger partial charge is 0.481 e. The molecular formula is C14H24N2O4. The lowest BCUT2D eigenvalue weighted by atomic mass is 9.91. The van der Waals surface area contributed by atoms with Crippen molar-refractivity contribution in [3.8, 4) is 0 Å². The highest BCUT2D eigenvalue weighted by Crippen LogP contribution is 2.25. The molecule has 6 heteroatoms. The molecule has 6 nitrogen and oxygen atoms in total. The number of carbonyl (C=O) groups excluding carboxylic acids is 1. The standard InChI is InChI=1S/C14H24N2O4/c1-10-5-12(13(17)18)8-16(6-10)14(19)15-4-3-11(7-15)9-20-2/h10-12H,3-9H2,1-2H3,(H,17,18). The van der Waals surface area contributed by atoms with Crippen LogP contribution in [0.5, 0.6) is 0 Å². The Bertz CT molecular complexity index is 374. The third kappa shape index (κ3) is 3.42. The number of likely N-dealkylation sites (tertiary alicyclic amines) is 2. The van der Waals surface area contributed by atoms with E-state index < -0.39 is 11.9 Å². The number of carboxylic acid groups (broad SMARTS) is 1. The van der Waals surface area contributed by atoms with Crippen LogP contribution in [0.2, 0.25) is 0 Å². The van der Waals surface area contributed by atoms with Crippen molar-refractivity contribution in [2.24, 2.45) is 17.8 Å². The van der Waals surface area contributed by atoms with Gasteiger partial charge < -0.3 is 19.6 Å². The van der Waals surface area contributed by atoms with E-state index >= 15 is 0 Å². The number of urea groups is 1. The highest BCUT2D eigenvalue weighted by molar-refractivity contribution is 5.77. The van der Waals surface area contributed by atoms with E-state index in [0.29, 0.717) is 32.0 Å². The zero-order valence-electron chi connectivity index (χ0n) is 12.2. The summed E-state index contributed by atoms with van der Waals surface area (Å²) in [6, 6.07) is -0.0126. The second kappa shape index (κ2) is 6.43. The van der Waals surface area contributed by atoms with E-state index in [1.165, 1.54) is 0 Å². The summed E-state index contributed by atoms with van der Waals surface area (Å²) in [5, 5.41) is 9.16. The Balaban J connectivity index is 1.93. The summed E-state index contributed by atoms with van der Waals surface area (Å²) >= 11 is 0. The fraction of sp³-hybridized carbons (Fsp3) is 0.857. The number of rotatable bonds is 3. The first-order chi connectivity index (χ1) is 9.51. The molecule has 3 unspecified atom stereocenters. The van der Waals surface area contributed by atoms with Crippen LogP contribution in [0, 0.1) is 17.8 Å². The lowest BCUT2D eigenvalue weighted by Gasteiger charge is -2.36. The molecule has 2 amide bonds. The fourth-order valence-electron chi connectivity index (χ4n) is 3.26. The summed E-state index contributed by atoms with van der Waals surface area (Å²) in [7, 11) is 1.67. The second-order valence-corrected chi connectivity index (χ2v) is 6.12.